The fourth-order valence-electron chi connectivity index (χ4n) is 3.03. The summed E-state index contributed by atoms with van der Waals surface area (Å²) in [6, 6.07) is 7.18. The Bertz CT molecular complexity index is 1310. The molecule has 0 saturated carbocycles. The lowest BCUT2D eigenvalue weighted by Crippen LogP contribution is -2.26. The zero-order valence-corrected chi connectivity index (χ0v) is 19.3. The number of hydrogen-bond donors (Lipinski definition) is 1. The maximum absolute atomic E-state index is 13.9. The number of hydrogen-bond acceptors (Lipinski definition) is 6. The summed E-state index contributed by atoms with van der Waals surface area (Å²) >= 11 is 3.14. The van der Waals surface area contributed by atoms with Gasteiger partial charge in [0.15, 0.2) is 0 Å². The van der Waals surface area contributed by atoms with E-state index < -0.39 is 29.1 Å². The molecule has 2 aromatic carbocycles. The first-order valence-electron chi connectivity index (χ1n) is 9.48. The van der Waals surface area contributed by atoms with Gasteiger partial charge in [-0.05, 0) is 53.2 Å². The van der Waals surface area contributed by atoms with Gasteiger partial charge in [-0.3, -0.25) is 14.2 Å². The highest BCUT2D eigenvalue weighted by atomic mass is 79.9. The van der Waals surface area contributed by atoms with Crippen molar-refractivity contribution in [1.82, 2.24) is 14.9 Å². The van der Waals surface area contributed by atoms with Gasteiger partial charge in [0.1, 0.15) is 28.5 Å². The molecular formula is C22H18BrF2N3O5. The van der Waals surface area contributed by atoms with Gasteiger partial charge in [-0.25, -0.2) is 13.6 Å². The lowest BCUT2D eigenvalue weighted by atomic mass is 10.1. The van der Waals surface area contributed by atoms with Crippen molar-refractivity contribution in [3.05, 3.63) is 85.4 Å². The minimum Gasteiger partial charge on any atom is -0.472 e. The number of carbonyl (C=O) groups excluding carboxylic acids is 2. The van der Waals surface area contributed by atoms with E-state index in [4.69, 9.17) is 9.47 Å². The van der Waals surface area contributed by atoms with Gasteiger partial charge in [-0.2, -0.15) is 4.98 Å². The number of amides is 1. The number of esters is 1. The summed E-state index contributed by atoms with van der Waals surface area (Å²) in [5, 5.41) is 2.47. The maximum atomic E-state index is 13.9. The van der Waals surface area contributed by atoms with Crippen LogP contribution in [0.4, 0.5) is 8.78 Å². The van der Waals surface area contributed by atoms with Crippen molar-refractivity contribution in [2.45, 2.75) is 13.5 Å². The fourth-order valence-corrected chi connectivity index (χ4v) is 3.41. The topological polar surface area (TPSA) is 99.5 Å². The van der Waals surface area contributed by atoms with Crippen LogP contribution in [-0.2, 0) is 11.3 Å². The maximum Gasteiger partial charge on any atom is 0.339 e. The lowest BCUT2D eigenvalue weighted by molar-refractivity contribution is 0.0600. The predicted octanol–water partition coefficient (Wildman–Crippen LogP) is 3.31. The van der Waals surface area contributed by atoms with Crippen LogP contribution in [-0.4, -0.2) is 35.6 Å². The highest BCUT2D eigenvalue weighted by Crippen LogP contribution is 2.24. The molecule has 1 amide bonds. The third-order valence-corrected chi connectivity index (χ3v) is 5.36. The molecule has 0 bridgehead atoms. The average Bonchev–Trinajstić information content (AvgIpc) is 2.80. The normalized spacial score (nSPS) is 10.6. The van der Waals surface area contributed by atoms with E-state index in [2.05, 4.69) is 26.2 Å². The van der Waals surface area contributed by atoms with Crippen molar-refractivity contribution in [2.24, 2.45) is 0 Å². The van der Waals surface area contributed by atoms with Crippen molar-refractivity contribution in [1.29, 1.82) is 0 Å². The average molecular weight is 522 g/mol. The van der Waals surface area contributed by atoms with Crippen LogP contribution in [0, 0.1) is 18.6 Å². The summed E-state index contributed by atoms with van der Waals surface area (Å²) in [6.07, 6.45) is 0. The first-order chi connectivity index (χ1) is 15.7. The molecule has 1 N–H and O–H groups in total. The second-order valence-corrected chi connectivity index (χ2v) is 7.54. The van der Waals surface area contributed by atoms with Crippen LogP contribution in [0.5, 0.6) is 5.88 Å². The SMILES string of the molecule is CNC(=O)c1ccc(C(=O)OC)c(-n2c(C)nc(OCc3ccc(F)cc3F)c(Br)c2=O)c1. The number of nitrogens with one attached hydrogen (secondary N) is 1. The molecule has 1 aromatic heterocycles. The summed E-state index contributed by atoms with van der Waals surface area (Å²) in [4.78, 5) is 41.8. The van der Waals surface area contributed by atoms with Crippen LogP contribution in [0.2, 0.25) is 0 Å². The molecule has 0 radical (unpaired) electrons. The van der Waals surface area contributed by atoms with E-state index in [-0.39, 0.29) is 45.2 Å². The Hall–Kier alpha value is -3.60. The van der Waals surface area contributed by atoms with Gasteiger partial charge in [-0.15, -0.1) is 0 Å². The van der Waals surface area contributed by atoms with Crippen LogP contribution in [0.3, 0.4) is 0 Å². The number of nitrogens with zero attached hydrogens (tertiary/aromatic N) is 2. The summed E-state index contributed by atoms with van der Waals surface area (Å²) in [6.45, 7) is 1.19. The van der Waals surface area contributed by atoms with E-state index in [1.165, 1.54) is 45.3 Å². The molecule has 33 heavy (non-hydrogen) atoms. The zero-order chi connectivity index (χ0) is 24.3. The van der Waals surface area contributed by atoms with Gasteiger partial charge in [0.05, 0.1) is 18.4 Å². The van der Waals surface area contributed by atoms with Crippen LogP contribution in [0.25, 0.3) is 5.69 Å². The minimum absolute atomic E-state index is 0.0334. The number of carbonyl (C=O) groups is 2. The number of methoxy groups -OCH3 is 1. The summed E-state index contributed by atoms with van der Waals surface area (Å²) in [5.41, 5.74) is -0.259. The van der Waals surface area contributed by atoms with E-state index in [9.17, 15) is 23.2 Å². The van der Waals surface area contributed by atoms with Crippen molar-refractivity contribution < 1.29 is 27.8 Å². The van der Waals surface area contributed by atoms with Crippen molar-refractivity contribution in [3.8, 4) is 11.6 Å². The largest absolute Gasteiger partial charge is 0.472 e. The molecular weight excluding hydrogens is 504 g/mol. The molecule has 8 nitrogen and oxygen atoms in total. The second-order valence-electron chi connectivity index (χ2n) is 6.75. The molecule has 0 spiro atoms. The number of benzene rings is 2. The number of halogens is 3. The molecule has 0 aliphatic carbocycles. The van der Waals surface area contributed by atoms with E-state index in [0.717, 1.165) is 16.7 Å². The zero-order valence-electron chi connectivity index (χ0n) is 17.7. The molecule has 0 aliphatic rings. The van der Waals surface area contributed by atoms with Gasteiger partial charge in [-0.1, -0.05) is 0 Å². The molecule has 3 rings (SSSR count). The standard InChI is InChI=1S/C22H18BrF2N3O5/c1-11-27-20(33-10-13-4-6-14(24)9-16(13)25)18(23)21(30)28(11)17-8-12(19(29)26-2)5-7-15(17)22(31)32-3/h4-9H,10H2,1-3H3,(H,26,29). The van der Waals surface area contributed by atoms with Crippen molar-refractivity contribution >= 4 is 27.8 Å². The van der Waals surface area contributed by atoms with E-state index >= 15 is 0 Å². The minimum atomic E-state index is -0.801. The number of rotatable bonds is 6. The van der Waals surface area contributed by atoms with E-state index in [0.29, 0.717) is 0 Å². The Balaban J connectivity index is 2.08. The third-order valence-electron chi connectivity index (χ3n) is 4.68. The molecule has 0 saturated heterocycles. The molecule has 0 unspecified atom stereocenters. The lowest BCUT2D eigenvalue weighted by Gasteiger charge is -2.16. The fraction of sp³-hybridized carbons (Fsp3) is 0.182. The smallest absolute Gasteiger partial charge is 0.339 e. The Morgan fingerprint density at radius 1 is 1.18 bits per heavy atom. The monoisotopic (exact) mass is 521 g/mol. The van der Waals surface area contributed by atoms with Gasteiger partial charge in [0.2, 0.25) is 5.88 Å². The van der Waals surface area contributed by atoms with Crippen LogP contribution in [0.15, 0.2) is 45.7 Å². The Morgan fingerprint density at radius 2 is 1.91 bits per heavy atom. The molecule has 1 heterocycles. The van der Waals surface area contributed by atoms with Crippen LogP contribution in [0.1, 0.15) is 32.1 Å². The van der Waals surface area contributed by atoms with E-state index in [1.807, 2.05) is 0 Å². The van der Waals surface area contributed by atoms with Crippen molar-refractivity contribution in [2.75, 3.05) is 14.2 Å². The van der Waals surface area contributed by atoms with Gasteiger partial charge in [0.25, 0.3) is 11.5 Å². The predicted molar refractivity (Wildman–Crippen MR) is 118 cm³/mol. The van der Waals surface area contributed by atoms with Gasteiger partial charge in [0, 0.05) is 24.2 Å². The summed E-state index contributed by atoms with van der Waals surface area (Å²) in [7, 11) is 2.63. The highest BCUT2D eigenvalue weighted by Gasteiger charge is 2.22. The molecule has 0 aliphatic heterocycles. The molecule has 0 fully saturated rings. The number of aryl methyl sites for hydroxylation is 1. The van der Waals surface area contributed by atoms with Gasteiger partial charge < -0.3 is 14.8 Å². The molecule has 172 valence electrons. The number of ether oxygens (including phenoxy) is 2. The second kappa shape index (κ2) is 9.90. The van der Waals surface area contributed by atoms with Crippen LogP contribution < -0.4 is 15.6 Å². The molecule has 11 heteroatoms. The summed E-state index contributed by atoms with van der Waals surface area (Å²) in [5.74, 6) is -2.68. The third kappa shape index (κ3) is 4.92. The molecule has 3 aromatic rings. The Labute approximate surface area is 195 Å². The first kappa shape index (κ1) is 24.1. The van der Waals surface area contributed by atoms with Crippen molar-refractivity contribution in [3.63, 3.8) is 0 Å². The van der Waals surface area contributed by atoms with E-state index in [1.54, 1.807) is 0 Å². The Kier molecular flexibility index (Phi) is 7.22. The Morgan fingerprint density at radius 3 is 2.55 bits per heavy atom. The quantitative estimate of drug-likeness (QED) is 0.499. The van der Waals surface area contributed by atoms with Crippen LogP contribution >= 0.6 is 15.9 Å². The number of aromatic nitrogens is 2. The van der Waals surface area contributed by atoms with Gasteiger partial charge >= 0.3 is 5.97 Å². The first-order valence-corrected chi connectivity index (χ1v) is 10.3. The highest BCUT2D eigenvalue weighted by molar-refractivity contribution is 9.10. The molecule has 0 atom stereocenters. The summed E-state index contributed by atoms with van der Waals surface area (Å²) < 4.78 is 38.3.